The zero-order chi connectivity index (χ0) is 17.3. The van der Waals surface area contributed by atoms with Crippen molar-refractivity contribution < 1.29 is 26.0 Å². The minimum atomic E-state index is -4.79. The summed E-state index contributed by atoms with van der Waals surface area (Å²) in [6, 6.07) is 8.11. The van der Waals surface area contributed by atoms with Gasteiger partial charge in [0.15, 0.2) is 0 Å². The van der Waals surface area contributed by atoms with Gasteiger partial charge in [-0.2, -0.15) is 13.2 Å². The lowest BCUT2D eigenvalue weighted by Crippen LogP contribution is -2.29. The molecule has 3 nitrogen and oxygen atoms in total. The highest BCUT2D eigenvalue weighted by molar-refractivity contribution is 7.89. The van der Waals surface area contributed by atoms with Gasteiger partial charge in [0.05, 0.1) is 10.5 Å². The molecule has 23 heavy (non-hydrogen) atoms. The summed E-state index contributed by atoms with van der Waals surface area (Å²) in [5, 5.41) is 0. The average molecular weight is 347 g/mol. The molecule has 0 aliphatic heterocycles. The number of hydrogen-bond donors (Lipinski definition) is 1. The van der Waals surface area contributed by atoms with E-state index in [1.165, 1.54) is 25.1 Å². The zero-order valence-electron chi connectivity index (χ0n) is 11.9. The molecule has 0 aliphatic carbocycles. The summed E-state index contributed by atoms with van der Waals surface area (Å²) in [6.45, 7) is 1.46. The van der Waals surface area contributed by atoms with E-state index in [9.17, 15) is 26.0 Å². The van der Waals surface area contributed by atoms with Crippen molar-refractivity contribution in [1.29, 1.82) is 0 Å². The minimum absolute atomic E-state index is 0.430. The third-order valence-corrected chi connectivity index (χ3v) is 4.78. The van der Waals surface area contributed by atoms with E-state index in [1.807, 2.05) is 0 Å². The van der Waals surface area contributed by atoms with Crippen LogP contribution in [0.1, 0.15) is 24.1 Å². The molecule has 2 aromatic rings. The first-order valence-electron chi connectivity index (χ1n) is 6.55. The van der Waals surface area contributed by atoms with Crippen molar-refractivity contribution in [3.63, 3.8) is 0 Å². The highest BCUT2D eigenvalue weighted by atomic mass is 32.2. The lowest BCUT2D eigenvalue weighted by Gasteiger charge is -2.17. The first kappa shape index (κ1) is 17.4. The average Bonchev–Trinajstić information content (AvgIpc) is 2.46. The molecule has 1 N–H and O–H groups in total. The predicted molar refractivity (Wildman–Crippen MR) is 76.6 cm³/mol. The Hall–Kier alpha value is -1.93. The zero-order valence-corrected chi connectivity index (χ0v) is 12.7. The van der Waals surface area contributed by atoms with Crippen molar-refractivity contribution in [2.45, 2.75) is 24.0 Å². The Morgan fingerprint density at radius 1 is 1.00 bits per heavy atom. The van der Waals surface area contributed by atoms with Crippen LogP contribution in [0.5, 0.6) is 0 Å². The van der Waals surface area contributed by atoms with Gasteiger partial charge < -0.3 is 0 Å². The van der Waals surface area contributed by atoms with Crippen LogP contribution >= 0.6 is 0 Å². The third-order valence-electron chi connectivity index (χ3n) is 3.18. The molecule has 0 amide bonds. The lowest BCUT2D eigenvalue weighted by atomic mass is 10.1. The van der Waals surface area contributed by atoms with Crippen molar-refractivity contribution in [3.8, 4) is 0 Å². The minimum Gasteiger partial charge on any atom is -0.207 e. The number of alkyl halides is 3. The molecule has 2 aromatic carbocycles. The van der Waals surface area contributed by atoms with Gasteiger partial charge in [0, 0.05) is 6.04 Å². The molecule has 0 fully saturated rings. The molecule has 8 heteroatoms. The van der Waals surface area contributed by atoms with Gasteiger partial charge in [-0.15, -0.1) is 0 Å². The topological polar surface area (TPSA) is 46.2 Å². The van der Waals surface area contributed by atoms with Crippen molar-refractivity contribution in [1.82, 2.24) is 4.72 Å². The van der Waals surface area contributed by atoms with Crippen molar-refractivity contribution in [2.75, 3.05) is 0 Å². The Balaban J connectivity index is 2.35. The van der Waals surface area contributed by atoms with Gasteiger partial charge in [-0.05, 0) is 36.8 Å². The SMILES string of the molecule is C[C@H](NS(=O)(=O)c1ccccc1C(F)(F)F)c1ccc(F)cc1. The second-order valence-electron chi connectivity index (χ2n) is 4.89. The maximum atomic E-state index is 12.9. The van der Waals surface area contributed by atoms with E-state index in [4.69, 9.17) is 0 Å². The van der Waals surface area contributed by atoms with Crippen LogP contribution in [0, 0.1) is 5.82 Å². The quantitative estimate of drug-likeness (QED) is 0.853. The monoisotopic (exact) mass is 347 g/mol. The Labute approximate surface area is 131 Å². The summed E-state index contributed by atoms with van der Waals surface area (Å²) >= 11 is 0. The van der Waals surface area contributed by atoms with Crippen LogP contribution in [0.2, 0.25) is 0 Å². The van der Waals surface area contributed by atoms with E-state index in [2.05, 4.69) is 4.72 Å². The molecule has 0 heterocycles. The van der Waals surface area contributed by atoms with Gasteiger partial charge in [0.1, 0.15) is 5.82 Å². The lowest BCUT2D eigenvalue weighted by molar-refractivity contribution is -0.139. The number of hydrogen-bond acceptors (Lipinski definition) is 2. The Morgan fingerprint density at radius 2 is 1.57 bits per heavy atom. The molecular weight excluding hydrogens is 334 g/mol. The highest BCUT2D eigenvalue weighted by Crippen LogP contribution is 2.34. The smallest absolute Gasteiger partial charge is 0.207 e. The van der Waals surface area contributed by atoms with Crippen molar-refractivity contribution in [2.24, 2.45) is 0 Å². The van der Waals surface area contributed by atoms with Crippen LogP contribution < -0.4 is 4.72 Å². The second kappa shape index (κ2) is 6.29. The molecular formula is C15H13F4NO2S. The fourth-order valence-electron chi connectivity index (χ4n) is 2.05. The molecule has 2 rings (SSSR count). The molecule has 1 atom stereocenters. The van der Waals surface area contributed by atoms with E-state index in [0.717, 1.165) is 24.3 Å². The predicted octanol–water partition coefficient (Wildman–Crippen LogP) is 3.88. The van der Waals surface area contributed by atoms with Crippen molar-refractivity contribution in [3.05, 3.63) is 65.5 Å². The Bertz CT molecular complexity index is 786. The van der Waals surface area contributed by atoms with Crippen LogP contribution in [0.15, 0.2) is 53.4 Å². The molecule has 124 valence electrons. The highest BCUT2D eigenvalue weighted by Gasteiger charge is 2.37. The fourth-order valence-corrected chi connectivity index (χ4v) is 3.51. The number of rotatable bonds is 4. The number of halogens is 4. The van der Waals surface area contributed by atoms with Gasteiger partial charge in [-0.25, -0.2) is 17.5 Å². The van der Waals surface area contributed by atoms with Gasteiger partial charge >= 0.3 is 6.18 Å². The molecule has 0 aromatic heterocycles. The van der Waals surface area contributed by atoms with Crippen molar-refractivity contribution >= 4 is 10.0 Å². The van der Waals surface area contributed by atoms with E-state index in [1.54, 1.807) is 0 Å². The third kappa shape index (κ3) is 4.08. The van der Waals surface area contributed by atoms with E-state index in [0.29, 0.717) is 11.6 Å². The summed E-state index contributed by atoms with van der Waals surface area (Å²) in [6.07, 6.45) is -4.79. The first-order valence-corrected chi connectivity index (χ1v) is 8.03. The Kier molecular flexibility index (Phi) is 4.76. The Morgan fingerprint density at radius 3 is 2.13 bits per heavy atom. The summed E-state index contributed by atoms with van der Waals surface area (Å²) in [5.41, 5.74) is -0.807. The first-order chi connectivity index (χ1) is 10.6. The van der Waals surface area contributed by atoms with Gasteiger partial charge in [-0.1, -0.05) is 24.3 Å². The molecule has 0 radical (unpaired) electrons. The maximum Gasteiger partial charge on any atom is 0.417 e. The van der Waals surface area contributed by atoms with E-state index < -0.39 is 38.5 Å². The van der Waals surface area contributed by atoms with Crippen LogP contribution in [0.4, 0.5) is 17.6 Å². The van der Waals surface area contributed by atoms with Gasteiger partial charge in [0.2, 0.25) is 10.0 Å². The number of sulfonamides is 1. The van der Waals surface area contributed by atoms with Crippen LogP contribution in [0.3, 0.4) is 0 Å². The number of nitrogens with one attached hydrogen (secondary N) is 1. The second-order valence-corrected chi connectivity index (χ2v) is 6.57. The van der Waals surface area contributed by atoms with Crippen LogP contribution in [0.25, 0.3) is 0 Å². The van der Waals surface area contributed by atoms with Gasteiger partial charge in [-0.3, -0.25) is 0 Å². The molecule has 0 aliphatic rings. The fraction of sp³-hybridized carbons (Fsp3) is 0.200. The molecule has 0 saturated heterocycles. The largest absolute Gasteiger partial charge is 0.417 e. The van der Waals surface area contributed by atoms with E-state index in [-0.39, 0.29) is 0 Å². The molecule has 0 saturated carbocycles. The normalized spacial score (nSPS) is 13.8. The summed E-state index contributed by atoms with van der Waals surface area (Å²) in [4.78, 5) is -0.846. The molecule has 0 bridgehead atoms. The maximum absolute atomic E-state index is 12.9. The van der Waals surface area contributed by atoms with Gasteiger partial charge in [0.25, 0.3) is 0 Å². The van der Waals surface area contributed by atoms with E-state index >= 15 is 0 Å². The molecule has 0 spiro atoms. The molecule has 0 unspecified atom stereocenters. The standard InChI is InChI=1S/C15H13F4NO2S/c1-10(11-6-8-12(16)9-7-11)20-23(21,22)14-5-3-2-4-13(14)15(17,18)19/h2-10,20H,1H3/t10-/m0/s1. The van der Waals surface area contributed by atoms with Crippen LogP contribution in [-0.2, 0) is 16.2 Å². The van der Waals surface area contributed by atoms with Crippen LogP contribution in [-0.4, -0.2) is 8.42 Å². The summed E-state index contributed by atoms with van der Waals surface area (Å²) < 4.78 is 78.4. The summed E-state index contributed by atoms with van der Waals surface area (Å²) in [5.74, 6) is -0.494. The summed E-state index contributed by atoms with van der Waals surface area (Å²) in [7, 11) is -4.40. The number of benzene rings is 2.